The van der Waals surface area contributed by atoms with Crippen molar-refractivity contribution in [2.45, 2.75) is 13.8 Å². The van der Waals surface area contributed by atoms with Crippen molar-refractivity contribution >= 4 is 24.0 Å². The molecule has 24 heavy (non-hydrogen) atoms. The van der Waals surface area contributed by atoms with Crippen molar-refractivity contribution in [3.05, 3.63) is 77.9 Å². The Labute approximate surface area is 141 Å². The van der Waals surface area contributed by atoms with Gasteiger partial charge in [0.1, 0.15) is 0 Å². The molecule has 0 saturated carbocycles. The van der Waals surface area contributed by atoms with E-state index in [1.54, 1.807) is 18.5 Å². The Balaban J connectivity index is 2.01. The maximum absolute atomic E-state index is 12.2. The third kappa shape index (κ3) is 4.91. The zero-order chi connectivity index (χ0) is 17.4. The molecule has 0 unspecified atom stereocenters. The minimum Gasteiger partial charge on any atom is -0.356 e. The van der Waals surface area contributed by atoms with E-state index in [0.29, 0.717) is 5.56 Å². The topological polar surface area (TPSA) is 66.4 Å². The lowest BCUT2D eigenvalue weighted by Crippen LogP contribution is -2.12. The van der Waals surface area contributed by atoms with Crippen LogP contribution in [0.1, 0.15) is 23.0 Å². The van der Waals surface area contributed by atoms with Crippen LogP contribution >= 0.6 is 0 Å². The van der Waals surface area contributed by atoms with Gasteiger partial charge in [-0.2, -0.15) is 0 Å². The van der Waals surface area contributed by atoms with E-state index >= 15 is 0 Å². The molecule has 0 fully saturated rings. The van der Waals surface area contributed by atoms with Crippen molar-refractivity contribution < 1.29 is 4.79 Å². The number of nitrogens with zero attached hydrogens (tertiary/aromatic N) is 2. The molecule has 122 valence electrons. The molecular formula is C19H20N4O. The van der Waals surface area contributed by atoms with Crippen LogP contribution in [0.25, 0.3) is 0 Å². The Morgan fingerprint density at radius 1 is 1.12 bits per heavy atom. The molecule has 5 heteroatoms. The Morgan fingerprint density at radius 3 is 2.33 bits per heavy atom. The molecule has 1 aromatic carbocycles. The largest absolute Gasteiger partial charge is 0.356 e. The zero-order valence-corrected chi connectivity index (χ0v) is 13.8. The summed E-state index contributed by atoms with van der Waals surface area (Å²) in [6.45, 7) is 7.22. The van der Waals surface area contributed by atoms with Crippen LogP contribution in [0.2, 0.25) is 0 Å². The Kier molecular flexibility index (Phi) is 6.02. The average Bonchev–Trinajstić information content (AvgIpc) is 2.60. The van der Waals surface area contributed by atoms with Crippen molar-refractivity contribution in [3.8, 4) is 0 Å². The molecule has 0 aliphatic rings. The van der Waals surface area contributed by atoms with Crippen molar-refractivity contribution in [1.29, 1.82) is 0 Å². The molecule has 0 aliphatic carbocycles. The van der Waals surface area contributed by atoms with Crippen LogP contribution in [0.5, 0.6) is 0 Å². The van der Waals surface area contributed by atoms with E-state index in [1.165, 1.54) is 0 Å². The Morgan fingerprint density at radius 2 is 1.79 bits per heavy atom. The highest BCUT2D eigenvalue weighted by Gasteiger charge is 2.06. The van der Waals surface area contributed by atoms with Crippen molar-refractivity contribution in [3.63, 3.8) is 0 Å². The first-order valence-electron chi connectivity index (χ1n) is 7.52. The maximum Gasteiger partial charge on any atom is 0.257 e. The monoisotopic (exact) mass is 320 g/mol. The van der Waals surface area contributed by atoms with Crippen molar-refractivity contribution in [2.75, 3.05) is 10.6 Å². The number of aryl methyl sites for hydroxylation is 1. The molecule has 2 aromatic rings. The smallest absolute Gasteiger partial charge is 0.257 e. The maximum atomic E-state index is 12.2. The summed E-state index contributed by atoms with van der Waals surface area (Å²) < 4.78 is 0. The fourth-order valence-electron chi connectivity index (χ4n) is 1.95. The van der Waals surface area contributed by atoms with Gasteiger partial charge >= 0.3 is 0 Å². The summed E-state index contributed by atoms with van der Waals surface area (Å²) in [5.74, 6) is -0.183. The molecule has 1 heterocycles. The van der Waals surface area contributed by atoms with Gasteiger partial charge in [-0.1, -0.05) is 6.08 Å². The van der Waals surface area contributed by atoms with Gasteiger partial charge < -0.3 is 10.6 Å². The first-order valence-corrected chi connectivity index (χ1v) is 7.52. The lowest BCUT2D eigenvalue weighted by molar-refractivity contribution is 0.102. The van der Waals surface area contributed by atoms with Crippen LogP contribution in [-0.2, 0) is 0 Å². The number of carbonyl (C=O) groups excluding carboxylic acids is 1. The number of anilines is 2. The summed E-state index contributed by atoms with van der Waals surface area (Å²) in [7, 11) is 0. The molecule has 0 bridgehead atoms. The van der Waals surface area contributed by atoms with Gasteiger partial charge in [0.2, 0.25) is 0 Å². The fourth-order valence-corrected chi connectivity index (χ4v) is 1.95. The van der Waals surface area contributed by atoms with E-state index in [2.05, 4.69) is 27.3 Å². The summed E-state index contributed by atoms with van der Waals surface area (Å²) in [5.41, 5.74) is 3.94. The third-order valence-electron chi connectivity index (χ3n) is 3.28. The lowest BCUT2D eigenvalue weighted by Gasteiger charge is -2.09. The minimum absolute atomic E-state index is 0.183. The number of hydrogen-bond acceptors (Lipinski definition) is 4. The number of benzene rings is 1. The Hall–Kier alpha value is -3.21. The molecule has 0 aliphatic heterocycles. The number of carbonyl (C=O) groups is 1. The normalized spacial score (nSPS) is 11.3. The van der Waals surface area contributed by atoms with Crippen LogP contribution in [-0.4, -0.2) is 17.6 Å². The summed E-state index contributed by atoms with van der Waals surface area (Å²) in [6.07, 6.45) is 6.94. The second kappa shape index (κ2) is 8.43. The predicted octanol–water partition coefficient (Wildman–Crippen LogP) is 4.17. The number of pyridine rings is 1. The molecule has 0 radical (unpaired) electrons. The van der Waals surface area contributed by atoms with E-state index in [1.807, 2.05) is 56.3 Å². The number of amides is 1. The molecule has 5 nitrogen and oxygen atoms in total. The summed E-state index contributed by atoms with van der Waals surface area (Å²) in [4.78, 5) is 20.0. The van der Waals surface area contributed by atoms with Gasteiger partial charge in [0.05, 0.1) is 5.56 Å². The van der Waals surface area contributed by atoms with E-state index < -0.39 is 0 Å². The number of rotatable bonds is 6. The molecule has 2 rings (SSSR count). The van der Waals surface area contributed by atoms with Crippen LogP contribution in [0.3, 0.4) is 0 Å². The van der Waals surface area contributed by atoms with Gasteiger partial charge in [-0.05, 0) is 63.0 Å². The summed E-state index contributed by atoms with van der Waals surface area (Å²) in [5, 5.41) is 6.09. The van der Waals surface area contributed by atoms with E-state index in [-0.39, 0.29) is 5.91 Å². The molecular weight excluding hydrogens is 300 g/mol. The molecule has 0 atom stereocenters. The van der Waals surface area contributed by atoms with E-state index in [4.69, 9.17) is 0 Å². The molecule has 0 saturated heterocycles. The molecule has 1 aromatic heterocycles. The van der Waals surface area contributed by atoms with Crippen LogP contribution in [0.15, 0.2) is 71.6 Å². The number of allylic oxidation sites excluding steroid dienone is 2. The van der Waals surface area contributed by atoms with Gasteiger partial charge in [0.25, 0.3) is 5.91 Å². The van der Waals surface area contributed by atoms with Crippen LogP contribution < -0.4 is 10.6 Å². The number of aromatic nitrogens is 1. The van der Waals surface area contributed by atoms with Crippen LogP contribution in [0, 0.1) is 6.92 Å². The molecule has 2 N–H and O–H groups in total. The molecule has 0 spiro atoms. The highest BCUT2D eigenvalue weighted by atomic mass is 16.1. The van der Waals surface area contributed by atoms with Gasteiger partial charge in [-0.15, -0.1) is 0 Å². The SMILES string of the molecule is C=N/C=C\C(=C/C)Nc1ccc(NC(=O)c2ccc(C)nc2)cc1. The highest BCUT2D eigenvalue weighted by molar-refractivity contribution is 6.04. The third-order valence-corrected chi connectivity index (χ3v) is 3.28. The van der Waals surface area contributed by atoms with Gasteiger partial charge in [0, 0.05) is 35.2 Å². The van der Waals surface area contributed by atoms with Gasteiger partial charge in [-0.25, -0.2) is 0 Å². The second-order valence-corrected chi connectivity index (χ2v) is 5.09. The summed E-state index contributed by atoms with van der Waals surface area (Å²) >= 11 is 0. The van der Waals surface area contributed by atoms with Gasteiger partial charge in [0.15, 0.2) is 0 Å². The lowest BCUT2D eigenvalue weighted by atomic mass is 10.2. The quantitative estimate of drug-likeness (QED) is 0.620. The minimum atomic E-state index is -0.183. The summed E-state index contributed by atoms with van der Waals surface area (Å²) in [6, 6.07) is 11.0. The average molecular weight is 320 g/mol. The first kappa shape index (κ1) is 17.1. The van der Waals surface area contributed by atoms with E-state index in [9.17, 15) is 4.79 Å². The second-order valence-electron chi connectivity index (χ2n) is 5.09. The molecule has 1 amide bonds. The number of aliphatic imine (C=N–C) groups is 1. The van der Waals surface area contributed by atoms with Crippen molar-refractivity contribution in [1.82, 2.24) is 4.98 Å². The predicted molar refractivity (Wildman–Crippen MR) is 99.4 cm³/mol. The fraction of sp³-hybridized carbons (Fsp3) is 0.105. The van der Waals surface area contributed by atoms with Gasteiger partial charge in [-0.3, -0.25) is 14.8 Å². The van der Waals surface area contributed by atoms with Crippen LogP contribution in [0.4, 0.5) is 11.4 Å². The first-order chi connectivity index (χ1) is 11.6. The number of nitrogens with one attached hydrogen (secondary N) is 2. The number of hydrogen-bond donors (Lipinski definition) is 2. The van der Waals surface area contributed by atoms with Crippen molar-refractivity contribution in [2.24, 2.45) is 4.99 Å². The van der Waals surface area contributed by atoms with E-state index in [0.717, 1.165) is 22.8 Å². The standard InChI is InChI=1S/C19H20N4O/c1-4-16(11-12-20-3)22-17-7-9-18(10-8-17)23-19(24)15-6-5-14(2)21-13-15/h4-13,22H,3H2,1-2H3,(H,23,24)/b12-11-,16-4+. The zero-order valence-electron chi connectivity index (χ0n) is 13.8. The highest BCUT2D eigenvalue weighted by Crippen LogP contribution is 2.16. The Bertz CT molecular complexity index is 759.